The van der Waals surface area contributed by atoms with Crippen LogP contribution in [0.15, 0.2) is 30.6 Å². The summed E-state index contributed by atoms with van der Waals surface area (Å²) in [6.07, 6.45) is 4.93. The van der Waals surface area contributed by atoms with E-state index in [4.69, 9.17) is 4.74 Å². The second kappa shape index (κ2) is 6.94. The Labute approximate surface area is 136 Å². The van der Waals surface area contributed by atoms with Gasteiger partial charge in [-0.15, -0.1) is 0 Å². The minimum absolute atomic E-state index is 0.0153. The number of amides is 1. The van der Waals surface area contributed by atoms with Crippen LogP contribution in [0.4, 0.5) is 0 Å². The van der Waals surface area contributed by atoms with Crippen molar-refractivity contribution in [3.63, 3.8) is 0 Å². The lowest BCUT2D eigenvalue weighted by Gasteiger charge is -2.34. The molecule has 1 aliphatic rings. The number of nitrogens with zero attached hydrogens (tertiary/aromatic N) is 2. The second-order valence-electron chi connectivity index (χ2n) is 6.43. The van der Waals surface area contributed by atoms with Crippen LogP contribution in [0.1, 0.15) is 33.1 Å². The molecule has 1 amide bonds. The molecule has 3 atom stereocenters. The molecular formula is C18H23N3O2. The summed E-state index contributed by atoms with van der Waals surface area (Å²) in [4.78, 5) is 20.5. The highest BCUT2D eigenvalue weighted by molar-refractivity contribution is 5.84. The number of hydrogen-bond donors (Lipinski definition) is 1. The monoisotopic (exact) mass is 313 g/mol. The van der Waals surface area contributed by atoms with Crippen molar-refractivity contribution in [3.05, 3.63) is 30.6 Å². The zero-order chi connectivity index (χ0) is 16.2. The fraction of sp³-hybridized carbons (Fsp3) is 0.500. The molecule has 1 saturated carbocycles. The van der Waals surface area contributed by atoms with Gasteiger partial charge in [0.05, 0.1) is 10.9 Å². The lowest BCUT2D eigenvalue weighted by Crippen LogP contribution is -2.45. The van der Waals surface area contributed by atoms with Crippen LogP contribution in [-0.4, -0.2) is 28.5 Å². The molecule has 3 rings (SSSR count). The van der Waals surface area contributed by atoms with Gasteiger partial charge in [-0.2, -0.15) is 0 Å². The molecule has 1 aliphatic carbocycles. The Morgan fingerprint density at radius 2 is 2.09 bits per heavy atom. The van der Waals surface area contributed by atoms with Crippen LogP contribution in [-0.2, 0) is 4.79 Å². The van der Waals surface area contributed by atoms with Crippen molar-refractivity contribution < 1.29 is 9.53 Å². The number of ether oxygens (including phenoxy) is 1. The van der Waals surface area contributed by atoms with E-state index in [9.17, 15) is 4.79 Å². The smallest absolute Gasteiger partial charge is 0.258 e. The summed E-state index contributed by atoms with van der Waals surface area (Å²) in [5.74, 6) is 1.53. The number of benzene rings is 1. The molecule has 1 N–H and O–H groups in total. The first-order valence-electron chi connectivity index (χ1n) is 8.27. The maximum atomic E-state index is 12.2. The number of hydrogen-bond acceptors (Lipinski definition) is 4. The molecule has 1 aromatic heterocycles. The summed E-state index contributed by atoms with van der Waals surface area (Å²) in [5, 5.41) is 3.93. The van der Waals surface area contributed by atoms with Crippen molar-refractivity contribution in [2.45, 2.75) is 39.2 Å². The molecule has 1 heterocycles. The highest BCUT2D eigenvalue weighted by Crippen LogP contribution is 2.29. The fourth-order valence-electron chi connectivity index (χ4n) is 3.26. The second-order valence-corrected chi connectivity index (χ2v) is 6.43. The topological polar surface area (TPSA) is 64.1 Å². The van der Waals surface area contributed by atoms with Gasteiger partial charge in [-0.05, 0) is 30.4 Å². The maximum Gasteiger partial charge on any atom is 0.258 e. The zero-order valence-electron chi connectivity index (χ0n) is 13.7. The SMILES string of the molecule is C[C@@H]1[C@H](C)CCC[C@H]1NC(=O)COc1ncnc2ccccc12. The Balaban J connectivity index is 1.60. The van der Waals surface area contributed by atoms with Crippen LogP contribution in [0.5, 0.6) is 5.88 Å². The van der Waals surface area contributed by atoms with Crippen LogP contribution in [0.3, 0.4) is 0 Å². The van der Waals surface area contributed by atoms with Gasteiger partial charge in [0.1, 0.15) is 6.33 Å². The lowest BCUT2D eigenvalue weighted by molar-refractivity contribution is -0.124. The van der Waals surface area contributed by atoms with Crippen molar-refractivity contribution in [1.82, 2.24) is 15.3 Å². The molecule has 0 aliphatic heterocycles. The molecule has 0 unspecified atom stereocenters. The Bertz CT molecular complexity index is 684. The van der Waals surface area contributed by atoms with Crippen LogP contribution in [0.2, 0.25) is 0 Å². The number of rotatable bonds is 4. The predicted molar refractivity (Wildman–Crippen MR) is 89.1 cm³/mol. The number of nitrogens with one attached hydrogen (secondary N) is 1. The number of para-hydroxylation sites is 1. The van der Waals surface area contributed by atoms with Gasteiger partial charge in [0, 0.05) is 6.04 Å². The van der Waals surface area contributed by atoms with Crippen molar-refractivity contribution in [2.24, 2.45) is 11.8 Å². The first-order valence-corrected chi connectivity index (χ1v) is 8.27. The van der Waals surface area contributed by atoms with Gasteiger partial charge in [-0.3, -0.25) is 4.79 Å². The maximum absolute atomic E-state index is 12.2. The first-order chi connectivity index (χ1) is 11.1. The van der Waals surface area contributed by atoms with Gasteiger partial charge in [-0.25, -0.2) is 9.97 Å². The molecule has 2 aromatic rings. The summed E-state index contributed by atoms with van der Waals surface area (Å²) in [6.45, 7) is 4.46. The van der Waals surface area contributed by atoms with Crippen LogP contribution >= 0.6 is 0 Å². The first kappa shape index (κ1) is 15.7. The van der Waals surface area contributed by atoms with Gasteiger partial charge in [0.15, 0.2) is 6.61 Å². The van der Waals surface area contributed by atoms with Gasteiger partial charge in [-0.1, -0.05) is 38.8 Å². The van der Waals surface area contributed by atoms with Crippen molar-refractivity contribution in [3.8, 4) is 5.88 Å². The lowest BCUT2D eigenvalue weighted by atomic mass is 9.78. The molecule has 1 fully saturated rings. The minimum Gasteiger partial charge on any atom is -0.467 e. The number of aromatic nitrogens is 2. The average molecular weight is 313 g/mol. The fourth-order valence-corrected chi connectivity index (χ4v) is 3.26. The Hall–Kier alpha value is -2.17. The van der Waals surface area contributed by atoms with E-state index >= 15 is 0 Å². The van der Waals surface area contributed by atoms with Crippen molar-refractivity contribution in [1.29, 1.82) is 0 Å². The van der Waals surface area contributed by atoms with Gasteiger partial charge < -0.3 is 10.1 Å². The molecule has 122 valence electrons. The summed E-state index contributed by atoms with van der Waals surface area (Å²) >= 11 is 0. The van der Waals surface area contributed by atoms with E-state index in [2.05, 4.69) is 29.1 Å². The van der Waals surface area contributed by atoms with E-state index in [1.54, 1.807) is 0 Å². The summed E-state index contributed by atoms with van der Waals surface area (Å²) in [6, 6.07) is 7.86. The summed E-state index contributed by atoms with van der Waals surface area (Å²) in [5.41, 5.74) is 0.813. The number of carbonyl (C=O) groups excluding carboxylic acids is 1. The van der Waals surface area contributed by atoms with Crippen LogP contribution < -0.4 is 10.1 Å². The number of fused-ring (bicyclic) bond motifs is 1. The minimum atomic E-state index is -0.0846. The van der Waals surface area contributed by atoms with Crippen molar-refractivity contribution >= 4 is 16.8 Å². The largest absolute Gasteiger partial charge is 0.467 e. The van der Waals surface area contributed by atoms with Crippen LogP contribution in [0.25, 0.3) is 10.9 Å². The molecule has 0 bridgehead atoms. The van der Waals surface area contributed by atoms with Gasteiger partial charge in [0.2, 0.25) is 5.88 Å². The average Bonchev–Trinajstić information content (AvgIpc) is 2.57. The molecule has 5 nitrogen and oxygen atoms in total. The molecule has 0 saturated heterocycles. The highest BCUT2D eigenvalue weighted by Gasteiger charge is 2.28. The Morgan fingerprint density at radius 1 is 1.26 bits per heavy atom. The molecule has 23 heavy (non-hydrogen) atoms. The molecule has 5 heteroatoms. The normalized spacial score (nSPS) is 24.3. The Morgan fingerprint density at radius 3 is 2.96 bits per heavy atom. The van der Waals surface area contributed by atoms with E-state index in [1.165, 1.54) is 19.2 Å². The van der Waals surface area contributed by atoms with E-state index in [0.29, 0.717) is 17.7 Å². The van der Waals surface area contributed by atoms with Crippen molar-refractivity contribution in [2.75, 3.05) is 6.61 Å². The summed E-state index contributed by atoms with van der Waals surface area (Å²) in [7, 11) is 0. The number of carbonyl (C=O) groups is 1. The third kappa shape index (κ3) is 3.60. The Kier molecular flexibility index (Phi) is 4.74. The zero-order valence-corrected chi connectivity index (χ0v) is 13.7. The molecular weight excluding hydrogens is 290 g/mol. The predicted octanol–water partition coefficient (Wildman–Crippen LogP) is 2.95. The van der Waals surface area contributed by atoms with E-state index < -0.39 is 0 Å². The molecule has 1 aromatic carbocycles. The van der Waals surface area contributed by atoms with Gasteiger partial charge >= 0.3 is 0 Å². The molecule has 0 radical (unpaired) electrons. The van der Waals surface area contributed by atoms with Gasteiger partial charge in [0.25, 0.3) is 5.91 Å². The quantitative estimate of drug-likeness (QED) is 0.942. The summed E-state index contributed by atoms with van der Waals surface area (Å²) < 4.78 is 5.62. The van der Waals surface area contributed by atoms with E-state index in [-0.39, 0.29) is 18.6 Å². The van der Waals surface area contributed by atoms with E-state index in [0.717, 1.165) is 17.3 Å². The van der Waals surface area contributed by atoms with Crippen LogP contribution in [0, 0.1) is 11.8 Å². The third-order valence-corrected chi connectivity index (χ3v) is 4.90. The highest BCUT2D eigenvalue weighted by atomic mass is 16.5. The standard InChI is InChI=1S/C18H23N3O2/c1-12-6-5-9-15(13(12)2)21-17(22)10-23-18-14-7-3-4-8-16(14)19-11-20-18/h3-4,7-8,11-13,15H,5-6,9-10H2,1-2H3,(H,21,22)/t12-,13-,15-/m1/s1. The molecule has 0 spiro atoms. The van der Waals surface area contributed by atoms with E-state index in [1.807, 2.05) is 24.3 Å². The third-order valence-electron chi connectivity index (χ3n) is 4.90.